The quantitative estimate of drug-likeness (QED) is 0.851. The zero-order valence-corrected chi connectivity index (χ0v) is 10.3. The number of hydrogen-bond acceptors (Lipinski definition) is 3. The second-order valence-electron chi connectivity index (χ2n) is 4.15. The van der Waals surface area contributed by atoms with Crippen molar-refractivity contribution >= 4 is 5.69 Å². The number of aromatic nitrogens is 1. The zero-order chi connectivity index (χ0) is 14.9. The van der Waals surface area contributed by atoms with Crippen molar-refractivity contribution in [3.8, 4) is 11.6 Å². The predicted molar refractivity (Wildman–Crippen MR) is 64.9 cm³/mol. The van der Waals surface area contributed by atoms with E-state index in [-0.39, 0.29) is 17.3 Å². The van der Waals surface area contributed by atoms with E-state index in [0.717, 1.165) is 11.6 Å². The summed E-state index contributed by atoms with van der Waals surface area (Å²) >= 11 is 0. The second kappa shape index (κ2) is 4.99. The third kappa shape index (κ3) is 2.98. The van der Waals surface area contributed by atoms with Crippen molar-refractivity contribution in [2.24, 2.45) is 0 Å². The molecule has 0 atom stereocenters. The van der Waals surface area contributed by atoms with E-state index in [0.29, 0.717) is 12.1 Å². The van der Waals surface area contributed by atoms with Gasteiger partial charge in [-0.3, -0.25) is 0 Å². The summed E-state index contributed by atoms with van der Waals surface area (Å²) < 4.78 is 56.0. The molecule has 0 unspecified atom stereocenters. The Bertz CT molecular complexity index is 641. The van der Waals surface area contributed by atoms with Gasteiger partial charge in [0.05, 0.1) is 11.3 Å². The van der Waals surface area contributed by atoms with Crippen LogP contribution in [0.3, 0.4) is 0 Å². The molecule has 1 heterocycles. The van der Waals surface area contributed by atoms with E-state index in [1.807, 2.05) is 0 Å². The molecular formula is C13H10F4N2O. The number of ether oxygens (including phenoxy) is 1. The van der Waals surface area contributed by atoms with Crippen molar-refractivity contribution in [1.82, 2.24) is 4.98 Å². The summed E-state index contributed by atoms with van der Waals surface area (Å²) in [5.74, 6) is -1.59. The summed E-state index contributed by atoms with van der Waals surface area (Å²) in [6.45, 7) is 1.76. The SMILES string of the molecule is Cc1cnc(Oc2ccc(F)c(C(F)(F)F)c2)c(N)c1. The van der Waals surface area contributed by atoms with E-state index in [4.69, 9.17) is 10.5 Å². The van der Waals surface area contributed by atoms with Gasteiger partial charge in [0.2, 0.25) is 5.88 Å². The van der Waals surface area contributed by atoms with Crippen molar-refractivity contribution in [3.05, 3.63) is 47.4 Å². The topological polar surface area (TPSA) is 48.1 Å². The number of benzene rings is 1. The van der Waals surface area contributed by atoms with Crippen LogP contribution in [-0.4, -0.2) is 4.98 Å². The molecule has 7 heteroatoms. The maximum atomic E-state index is 13.1. The van der Waals surface area contributed by atoms with Crippen LogP contribution < -0.4 is 10.5 Å². The van der Waals surface area contributed by atoms with E-state index < -0.39 is 17.6 Å². The van der Waals surface area contributed by atoms with Crippen LogP contribution in [0.2, 0.25) is 0 Å². The van der Waals surface area contributed by atoms with Crippen molar-refractivity contribution in [2.45, 2.75) is 13.1 Å². The highest BCUT2D eigenvalue weighted by Crippen LogP contribution is 2.35. The summed E-state index contributed by atoms with van der Waals surface area (Å²) in [6, 6.07) is 3.89. The first-order chi connectivity index (χ1) is 9.27. The van der Waals surface area contributed by atoms with Crippen molar-refractivity contribution < 1.29 is 22.3 Å². The van der Waals surface area contributed by atoms with Crippen molar-refractivity contribution in [1.29, 1.82) is 0 Å². The lowest BCUT2D eigenvalue weighted by molar-refractivity contribution is -0.140. The molecule has 0 saturated carbocycles. The van der Waals surface area contributed by atoms with E-state index in [1.54, 1.807) is 13.0 Å². The van der Waals surface area contributed by atoms with E-state index in [1.165, 1.54) is 6.20 Å². The molecule has 2 aromatic rings. The van der Waals surface area contributed by atoms with Crippen molar-refractivity contribution in [2.75, 3.05) is 5.73 Å². The number of nitrogens with two attached hydrogens (primary N) is 1. The standard InChI is InChI=1S/C13H10F4N2O/c1-7-4-11(18)12(19-6-7)20-8-2-3-10(14)9(5-8)13(15,16)17/h2-6H,18H2,1H3. The molecule has 0 spiro atoms. The molecule has 0 aliphatic carbocycles. The van der Waals surface area contributed by atoms with Gasteiger partial charge < -0.3 is 10.5 Å². The maximum Gasteiger partial charge on any atom is 0.419 e. The molecule has 2 rings (SSSR count). The Hall–Kier alpha value is -2.31. The third-order valence-electron chi connectivity index (χ3n) is 2.47. The van der Waals surface area contributed by atoms with Crippen LogP contribution in [0.15, 0.2) is 30.5 Å². The van der Waals surface area contributed by atoms with Gasteiger partial charge in [0.1, 0.15) is 11.6 Å². The first kappa shape index (κ1) is 14.1. The fraction of sp³-hybridized carbons (Fsp3) is 0.154. The van der Waals surface area contributed by atoms with Gasteiger partial charge in [-0.05, 0) is 36.8 Å². The largest absolute Gasteiger partial charge is 0.437 e. The van der Waals surface area contributed by atoms with Gasteiger partial charge in [-0.25, -0.2) is 9.37 Å². The lowest BCUT2D eigenvalue weighted by Crippen LogP contribution is -2.08. The molecular weight excluding hydrogens is 276 g/mol. The summed E-state index contributed by atoms with van der Waals surface area (Å²) in [5, 5.41) is 0. The smallest absolute Gasteiger partial charge is 0.419 e. The molecule has 1 aromatic carbocycles. The Balaban J connectivity index is 2.35. The van der Waals surface area contributed by atoms with Crippen LogP contribution in [-0.2, 0) is 6.18 Å². The van der Waals surface area contributed by atoms with Gasteiger partial charge in [0.15, 0.2) is 0 Å². The molecule has 106 valence electrons. The minimum Gasteiger partial charge on any atom is -0.437 e. The molecule has 0 aliphatic heterocycles. The number of pyridine rings is 1. The number of nitrogen functional groups attached to an aromatic ring is 1. The summed E-state index contributed by atoms with van der Waals surface area (Å²) in [6.07, 6.45) is -3.34. The molecule has 20 heavy (non-hydrogen) atoms. The van der Waals surface area contributed by atoms with Gasteiger partial charge in [0, 0.05) is 6.20 Å². The number of anilines is 1. The molecule has 0 bridgehead atoms. The predicted octanol–water partition coefficient (Wildman–Crippen LogP) is 3.92. The number of hydrogen-bond donors (Lipinski definition) is 1. The fourth-order valence-corrected chi connectivity index (χ4v) is 1.56. The Morgan fingerprint density at radius 3 is 2.50 bits per heavy atom. The first-order valence-electron chi connectivity index (χ1n) is 5.54. The van der Waals surface area contributed by atoms with Crippen LogP contribution >= 0.6 is 0 Å². The molecule has 1 aromatic heterocycles. The minimum absolute atomic E-state index is 0.0321. The number of rotatable bonds is 2. The van der Waals surface area contributed by atoms with Crippen LogP contribution in [0.1, 0.15) is 11.1 Å². The monoisotopic (exact) mass is 286 g/mol. The first-order valence-corrected chi connectivity index (χ1v) is 5.54. The fourth-order valence-electron chi connectivity index (χ4n) is 1.56. The highest BCUT2D eigenvalue weighted by Gasteiger charge is 2.34. The Morgan fingerprint density at radius 2 is 1.90 bits per heavy atom. The lowest BCUT2D eigenvalue weighted by Gasteiger charge is -2.11. The van der Waals surface area contributed by atoms with E-state index in [2.05, 4.69) is 4.98 Å². The van der Waals surface area contributed by atoms with Crippen LogP contribution in [0.5, 0.6) is 11.6 Å². The van der Waals surface area contributed by atoms with Crippen LogP contribution in [0.4, 0.5) is 23.2 Å². The summed E-state index contributed by atoms with van der Waals surface area (Å²) in [7, 11) is 0. The van der Waals surface area contributed by atoms with Crippen molar-refractivity contribution in [3.63, 3.8) is 0 Å². The highest BCUT2D eigenvalue weighted by molar-refractivity contribution is 5.51. The Kier molecular flexibility index (Phi) is 3.52. The van der Waals surface area contributed by atoms with Gasteiger partial charge >= 0.3 is 6.18 Å². The Labute approximate surface area is 112 Å². The average molecular weight is 286 g/mol. The van der Waals surface area contributed by atoms with E-state index in [9.17, 15) is 17.6 Å². The van der Waals surface area contributed by atoms with Crippen LogP contribution in [0, 0.1) is 12.7 Å². The molecule has 0 amide bonds. The van der Waals surface area contributed by atoms with E-state index >= 15 is 0 Å². The van der Waals surface area contributed by atoms with Gasteiger partial charge in [-0.15, -0.1) is 0 Å². The summed E-state index contributed by atoms with van der Waals surface area (Å²) in [4.78, 5) is 3.87. The second-order valence-corrected chi connectivity index (χ2v) is 4.15. The molecule has 0 radical (unpaired) electrons. The molecule has 3 nitrogen and oxygen atoms in total. The van der Waals surface area contributed by atoms with Gasteiger partial charge in [0.25, 0.3) is 0 Å². The number of halogens is 4. The number of nitrogens with zero attached hydrogens (tertiary/aromatic N) is 1. The maximum absolute atomic E-state index is 13.1. The third-order valence-corrected chi connectivity index (χ3v) is 2.47. The zero-order valence-electron chi connectivity index (χ0n) is 10.3. The highest BCUT2D eigenvalue weighted by atomic mass is 19.4. The average Bonchev–Trinajstić information content (AvgIpc) is 2.33. The number of aryl methyl sites for hydroxylation is 1. The van der Waals surface area contributed by atoms with Crippen LogP contribution in [0.25, 0.3) is 0 Å². The lowest BCUT2D eigenvalue weighted by atomic mass is 10.2. The van der Waals surface area contributed by atoms with Gasteiger partial charge in [-0.2, -0.15) is 13.2 Å². The van der Waals surface area contributed by atoms with Gasteiger partial charge in [-0.1, -0.05) is 0 Å². The number of alkyl halides is 3. The molecule has 0 saturated heterocycles. The summed E-state index contributed by atoms with van der Waals surface area (Å²) in [5.41, 5.74) is 5.20. The Morgan fingerprint density at radius 1 is 1.20 bits per heavy atom. The minimum atomic E-state index is -4.80. The molecule has 2 N–H and O–H groups in total. The molecule has 0 aliphatic rings. The molecule has 0 fully saturated rings. The normalized spacial score (nSPS) is 11.4.